The molecule has 0 aromatic carbocycles. The molecule has 0 aliphatic rings. The van der Waals surface area contributed by atoms with E-state index in [9.17, 15) is 0 Å². The zero-order valence-corrected chi connectivity index (χ0v) is 7.95. The lowest BCUT2D eigenvalue weighted by atomic mass is 10.8. The Kier molecular flexibility index (Phi) is 15.6. The molecule has 0 saturated carbocycles. The summed E-state index contributed by atoms with van der Waals surface area (Å²) in [5.74, 6) is 0. The van der Waals surface area contributed by atoms with E-state index < -0.39 is 0 Å². The summed E-state index contributed by atoms with van der Waals surface area (Å²) in [7, 11) is 6.00. The van der Waals surface area contributed by atoms with E-state index in [-0.39, 0.29) is 0 Å². The zero-order chi connectivity index (χ0) is 6.28. The van der Waals surface area contributed by atoms with Gasteiger partial charge in [-0.05, 0) is 21.1 Å². The van der Waals surface area contributed by atoms with Gasteiger partial charge in [0.15, 0.2) is 0 Å². The molecule has 0 aliphatic heterocycles. The molecule has 0 saturated heterocycles. The first-order chi connectivity index (χ1) is 3.15. The van der Waals surface area contributed by atoms with Gasteiger partial charge in [-0.25, -0.2) is 0 Å². The van der Waals surface area contributed by atoms with Crippen LogP contribution in [0.2, 0.25) is 0 Å². The third-order valence-corrected chi connectivity index (χ3v) is 0. The van der Waals surface area contributed by atoms with Crippen molar-refractivity contribution in [3.05, 3.63) is 0 Å². The molecule has 4 heteroatoms. The van der Waals surface area contributed by atoms with Gasteiger partial charge in [-0.3, -0.25) is 0 Å². The maximum absolute atomic E-state index is 2.94. The quantitative estimate of drug-likeness (QED) is 0.569. The normalized spacial score (nSPS) is 7.14. The van der Waals surface area contributed by atoms with Crippen LogP contribution in [0.4, 0.5) is 0 Å². The summed E-state index contributed by atoms with van der Waals surface area (Å²) < 4.78 is 0. The third-order valence-electron chi connectivity index (χ3n) is 0. The van der Waals surface area contributed by atoms with Crippen molar-refractivity contribution in [3.63, 3.8) is 0 Å². The van der Waals surface area contributed by atoms with E-state index in [1.54, 1.807) is 4.93 Å². The molecule has 0 aliphatic carbocycles. The van der Waals surface area contributed by atoms with Gasteiger partial charge in [-0.15, -0.1) is 31.5 Å². The van der Waals surface area contributed by atoms with Gasteiger partial charge in [-0.1, -0.05) is 0 Å². The van der Waals surface area contributed by atoms with Crippen molar-refractivity contribution < 1.29 is 0 Å². The van der Waals surface area contributed by atoms with Crippen LogP contribution in [0.15, 0.2) is 0 Å². The second-order valence-electron chi connectivity index (χ2n) is 1.42. The summed E-state index contributed by atoms with van der Waals surface area (Å²) in [4.78, 5) is 3.62. The summed E-state index contributed by atoms with van der Waals surface area (Å²) in [6.45, 7) is 0. The van der Waals surface area contributed by atoms with Crippen molar-refractivity contribution in [2.45, 2.75) is 0 Å². The lowest BCUT2D eigenvalue weighted by Gasteiger charge is -1.90. The van der Waals surface area contributed by atoms with E-state index >= 15 is 0 Å². The first kappa shape index (κ1) is 10.9. The van der Waals surface area contributed by atoms with Crippen LogP contribution in [0.25, 0.3) is 0 Å². The molecule has 0 aromatic heterocycles. The Morgan fingerprint density at radius 2 is 1.14 bits per heavy atom. The molecule has 43 valence electrons. The van der Waals surface area contributed by atoms with E-state index in [0.29, 0.717) is 0 Å². The molecule has 0 spiro atoms. The Hall–Kier alpha value is 0.985. The van der Waals surface area contributed by atoms with Crippen molar-refractivity contribution in [3.8, 4) is 0 Å². The van der Waals surface area contributed by atoms with Gasteiger partial charge in [0, 0.05) is 0 Å². The van der Waals surface area contributed by atoms with Crippen LogP contribution in [0.1, 0.15) is 0 Å². The second-order valence-corrected chi connectivity index (χ2v) is 3.57. The number of halogens is 2. The molecule has 0 heterocycles. The highest BCUT2D eigenvalue weighted by molar-refractivity contribution is 9.47. The number of hydrogen-bond donors (Lipinski definition) is 0. The topological polar surface area (TPSA) is 3.24 Å². The maximum atomic E-state index is 2.94. The minimum Gasteiger partial charge on any atom is -0.312 e. The van der Waals surface area contributed by atoms with Gasteiger partial charge >= 0.3 is 0 Å². The van der Waals surface area contributed by atoms with Crippen LogP contribution in [-0.4, -0.2) is 31.0 Å². The molecule has 0 aromatic rings. The first-order valence-corrected chi connectivity index (χ1v) is 3.61. The zero-order valence-electron chi connectivity index (χ0n) is 4.78. The SMILES string of the molecule is Br[B]Br.CN(C)C. The van der Waals surface area contributed by atoms with Crippen LogP contribution in [-0.2, 0) is 0 Å². The fourth-order valence-electron chi connectivity index (χ4n) is 0. The fourth-order valence-corrected chi connectivity index (χ4v) is 0. The van der Waals surface area contributed by atoms with Crippen LogP contribution in [0, 0.1) is 0 Å². The Morgan fingerprint density at radius 3 is 1.14 bits per heavy atom. The van der Waals surface area contributed by atoms with E-state index in [1.165, 1.54) is 0 Å². The van der Waals surface area contributed by atoms with Crippen LogP contribution < -0.4 is 0 Å². The van der Waals surface area contributed by atoms with E-state index in [0.717, 1.165) is 0 Å². The molecule has 0 unspecified atom stereocenters. The average molecular weight is 230 g/mol. The molecule has 1 radical (unpaired) electrons. The standard InChI is InChI=1S/C3H9N.BBr2/c1-4(2)3;2-1-3/h1-3H3;. The van der Waals surface area contributed by atoms with Crippen LogP contribution in [0.5, 0.6) is 0 Å². The Bertz CT molecular complexity index is 24.1. The van der Waals surface area contributed by atoms with Gasteiger partial charge in [0.1, 0.15) is 0 Å². The molecule has 0 amide bonds. The highest BCUT2D eigenvalue weighted by atomic mass is 79.9. The van der Waals surface area contributed by atoms with Crippen molar-refractivity contribution in [1.29, 1.82) is 0 Å². The maximum Gasteiger partial charge on any atom is 0.294 e. The van der Waals surface area contributed by atoms with Gasteiger partial charge in [0.25, 0.3) is 4.93 Å². The molecule has 0 bridgehead atoms. The fraction of sp³-hybridized carbons (Fsp3) is 1.00. The lowest BCUT2D eigenvalue weighted by Crippen LogP contribution is -1.99. The minimum absolute atomic E-state index is 1.62. The van der Waals surface area contributed by atoms with Crippen LogP contribution >= 0.6 is 31.5 Å². The predicted octanol–water partition coefficient (Wildman–Crippen LogP) is 1.49. The van der Waals surface area contributed by atoms with Crippen molar-refractivity contribution in [2.75, 3.05) is 21.1 Å². The van der Waals surface area contributed by atoms with Gasteiger partial charge in [-0.2, -0.15) is 0 Å². The number of hydrogen-bond acceptors (Lipinski definition) is 1. The highest BCUT2D eigenvalue weighted by Gasteiger charge is 1.58. The summed E-state index contributed by atoms with van der Waals surface area (Å²) in [6, 6.07) is 0. The van der Waals surface area contributed by atoms with Gasteiger partial charge in [0.05, 0.1) is 0 Å². The van der Waals surface area contributed by atoms with E-state index in [4.69, 9.17) is 0 Å². The molecule has 7 heavy (non-hydrogen) atoms. The first-order valence-electron chi connectivity index (χ1n) is 1.78. The Morgan fingerprint density at radius 1 is 1.14 bits per heavy atom. The highest BCUT2D eigenvalue weighted by Crippen LogP contribution is 1.77. The van der Waals surface area contributed by atoms with Crippen molar-refractivity contribution >= 4 is 36.4 Å². The summed E-state index contributed by atoms with van der Waals surface area (Å²) >= 11 is 5.88. The van der Waals surface area contributed by atoms with Crippen molar-refractivity contribution in [2.24, 2.45) is 0 Å². The summed E-state index contributed by atoms with van der Waals surface area (Å²) in [5, 5.41) is 0. The van der Waals surface area contributed by atoms with Gasteiger partial charge < -0.3 is 4.90 Å². The number of rotatable bonds is 0. The molecule has 0 rings (SSSR count). The molecular formula is C3H9BBr2N. The molecule has 1 nitrogen and oxygen atoms in total. The monoisotopic (exact) mass is 228 g/mol. The lowest BCUT2D eigenvalue weighted by molar-refractivity contribution is 0.505. The Balaban J connectivity index is 0. The number of nitrogens with zero attached hydrogens (tertiary/aromatic N) is 1. The summed E-state index contributed by atoms with van der Waals surface area (Å²) in [5.41, 5.74) is 0. The smallest absolute Gasteiger partial charge is 0.294 e. The summed E-state index contributed by atoms with van der Waals surface area (Å²) in [6.07, 6.45) is 0. The molecule has 0 fully saturated rings. The second kappa shape index (κ2) is 10.1. The molecule has 0 N–H and O–H groups in total. The minimum atomic E-state index is 1.62. The van der Waals surface area contributed by atoms with Crippen LogP contribution in [0.3, 0.4) is 0 Å². The Labute approximate surface area is 62.6 Å². The molecular weight excluding hydrogens is 221 g/mol. The molecule has 0 atom stereocenters. The van der Waals surface area contributed by atoms with E-state index in [1.807, 2.05) is 26.0 Å². The van der Waals surface area contributed by atoms with Gasteiger partial charge in [0.2, 0.25) is 0 Å². The third kappa shape index (κ3) is 179. The largest absolute Gasteiger partial charge is 0.312 e. The predicted molar refractivity (Wildman–Crippen MR) is 43.2 cm³/mol. The van der Waals surface area contributed by atoms with Crippen molar-refractivity contribution in [1.82, 2.24) is 4.90 Å². The average Bonchev–Trinajstić information content (AvgIpc) is 1.33. The van der Waals surface area contributed by atoms with E-state index in [2.05, 4.69) is 31.5 Å².